The largest absolute Gasteiger partial charge is 0.480 e. The van der Waals surface area contributed by atoms with Gasteiger partial charge < -0.3 is 14.2 Å². The molecule has 0 saturated carbocycles. The summed E-state index contributed by atoms with van der Waals surface area (Å²) in [4.78, 5) is 16.1. The number of pyridine rings is 1. The van der Waals surface area contributed by atoms with Crippen LogP contribution >= 0.6 is 0 Å². The van der Waals surface area contributed by atoms with E-state index in [1.807, 2.05) is 83.5 Å². The molecule has 0 aliphatic carbocycles. The molecule has 0 aliphatic heterocycles. The van der Waals surface area contributed by atoms with Crippen LogP contribution in [-0.2, 0) is 17.8 Å². The van der Waals surface area contributed by atoms with Gasteiger partial charge in [-0.2, -0.15) is 0 Å². The van der Waals surface area contributed by atoms with Crippen molar-refractivity contribution in [2.75, 3.05) is 0 Å². The van der Waals surface area contributed by atoms with E-state index in [0.717, 1.165) is 22.5 Å². The van der Waals surface area contributed by atoms with Crippen molar-refractivity contribution in [3.05, 3.63) is 96.4 Å². The average Bonchev–Trinajstić information content (AvgIpc) is 3.21. The van der Waals surface area contributed by atoms with Crippen LogP contribution in [0.1, 0.15) is 11.1 Å². The molecule has 1 unspecified atom stereocenters. The van der Waals surface area contributed by atoms with Gasteiger partial charge in [-0.3, -0.25) is 10.1 Å². The zero-order valence-electron chi connectivity index (χ0n) is 15.7. The fraction of sp³-hybridized carbons (Fsp3) is 0.130. The number of nitrogens with zero attached hydrogens (tertiary/aromatic N) is 2. The highest BCUT2D eigenvalue weighted by Crippen LogP contribution is 2.22. The van der Waals surface area contributed by atoms with Crippen LogP contribution in [0.15, 0.2) is 85.3 Å². The number of fused-ring (bicyclic) bond motifs is 1. The molecular formula is C23H21N3O3. The number of aliphatic carboxylic acids is 1. The number of para-hydroxylation sites is 1. The smallest absolute Gasteiger partial charge is 0.321 e. The molecule has 0 amide bonds. The first-order valence-electron chi connectivity index (χ1n) is 9.37. The highest BCUT2D eigenvalue weighted by Gasteiger charge is 2.18. The molecule has 0 bridgehead atoms. The van der Waals surface area contributed by atoms with Crippen LogP contribution in [0.4, 0.5) is 0 Å². The van der Waals surface area contributed by atoms with Crippen LogP contribution < -0.4 is 10.1 Å². The maximum absolute atomic E-state index is 11.8. The Bertz CT molecular complexity index is 1110. The molecular weight excluding hydrogens is 366 g/mol. The van der Waals surface area contributed by atoms with E-state index in [0.29, 0.717) is 18.7 Å². The third-order valence-corrected chi connectivity index (χ3v) is 4.65. The normalized spacial score (nSPS) is 12.0. The standard InChI is InChI=1S/C23H21N3O3/c27-23(28)21(25-16-18-7-5-12-26-13-11-24-22(18)26)15-17-6-4-10-20(14-17)29-19-8-2-1-3-9-19/h1-14,21,25H,15-16H2,(H,27,28). The molecule has 0 spiro atoms. The average molecular weight is 387 g/mol. The summed E-state index contributed by atoms with van der Waals surface area (Å²) >= 11 is 0. The van der Waals surface area contributed by atoms with Crippen molar-refractivity contribution < 1.29 is 14.6 Å². The van der Waals surface area contributed by atoms with Crippen molar-refractivity contribution >= 4 is 11.6 Å². The fourth-order valence-corrected chi connectivity index (χ4v) is 3.22. The van der Waals surface area contributed by atoms with E-state index < -0.39 is 12.0 Å². The van der Waals surface area contributed by atoms with Crippen molar-refractivity contribution in [1.82, 2.24) is 14.7 Å². The lowest BCUT2D eigenvalue weighted by atomic mass is 10.1. The van der Waals surface area contributed by atoms with Crippen LogP contribution in [0, 0.1) is 0 Å². The van der Waals surface area contributed by atoms with E-state index in [4.69, 9.17) is 4.74 Å². The van der Waals surface area contributed by atoms with Gasteiger partial charge in [0.05, 0.1) is 0 Å². The summed E-state index contributed by atoms with van der Waals surface area (Å²) in [5, 5.41) is 12.8. The van der Waals surface area contributed by atoms with Crippen molar-refractivity contribution in [3.63, 3.8) is 0 Å². The van der Waals surface area contributed by atoms with Gasteiger partial charge >= 0.3 is 5.97 Å². The maximum atomic E-state index is 11.8. The van der Waals surface area contributed by atoms with E-state index in [-0.39, 0.29) is 0 Å². The van der Waals surface area contributed by atoms with Gasteiger partial charge in [-0.05, 0) is 42.3 Å². The molecule has 2 heterocycles. The number of carbonyl (C=O) groups is 1. The SMILES string of the molecule is O=C(O)C(Cc1cccc(Oc2ccccc2)c1)NCc1cccn2ccnc12. The fourth-order valence-electron chi connectivity index (χ4n) is 3.22. The van der Waals surface area contributed by atoms with Gasteiger partial charge in [0.2, 0.25) is 0 Å². The monoisotopic (exact) mass is 387 g/mol. The molecule has 0 aliphatic rings. The van der Waals surface area contributed by atoms with Crippen LogP contribution in [0.5, 0.6) is 11.5 Å². The van der Waals surface area contributed by atoms with Crippen molar-refractivity contribution in [2.45, 2.75) is 19.0 Å². The molecule has 0 fully saturated rings. The van der Waals surface area contributed by atoms with E-state index >= 15 is 0 Å². The van der Waals surface area contributed by atoms with Gasteiger partial charge in [-0.15, -0.1) is 0 Å². The number of rotatable bonds is 8. The molecule has 1 atom stereocenters. The number of aromatic nitrogens is 2. The summed E-state index contributed by atoms with van der Waals surface area (Å²) in [6, 6.07) is 20.2. The topological polar surface area (TPSA) is 75.9 Å². The predicted octanol–water partition coefficient (Wildman–Crippen LogP) is 3.91. The number of imidazole rings is 1. The number of carboxylic acid groups (broad SMARTS) is 1. The summed E-state index contributed by atoms with van der Waals surface area (Å²) in [6.07, 6.45) is 5.86. The highest BCUT2D eigenvalue weighted by molar-refractivity contribution is 5.74. The van der Waals surface area contributed by atoms with Crippen LogP contribution in [-0.4, -0.2) is 26.5 Å². The molecule has 146 valence electrons. The summed E-state index contributed by atoms with van der Waals surface area (Å²) in [6.45, 7) is 0.415. The first kappa shape index (κ1) is 18.7. The zero-order chi connectivity index (χ0) is 20.1. The number of carboxylic acids is 1. The number of benzene rings is 2. The molecule has 0 saturated heterocycles. The van der Waals surface area contributed by atoms with E-state index in [9.17, 15) is 9.90 Å². The highest BCUT2D eigenvalue weighted by atomic mass is 16.5. The lowest BCUT2D eigenvalue weighted by Gasteiger charge is -2.16. The van der Waals surface area contributed by atoms with E-state index in [1.165, 1.54) is 0 Å². The van der Waals surface area contributed by atoms with Crippen LogP contribution in [0.2, 0.25) is 0 Å². The third kappa shape index (κ3) is 4.62. The van der Waals surface area contributed by atoms with Gasteiger partial charge in [0.15, 0.2) is 0 Å². The summed E-state index contributed by atoms with van der Waals surface area (Å²) in [5.74, 6) is 0.528. The van der Waals surface area contributed by atoms with Gasteiger partial charge in [0.25, 0.3) is 0 Å². The van der Waals surface area contributed by atoms with Gasteiger partial charge in [0.1, 0.15) is 23.2 Å². The van der Waals surface area contributed by atoms with Gasteiger partial charge in [-0.25, -0.2) is 4.98 Å². The van der Waals surface area contributed by atoms with Gasteiger partial charge in [0, 0.05) is 30.7 Å². The lowest BCUT2D eigenvalue weighted by Crippen LogP contribution is -2.38. The minimum Gasteiger partial charge on any atom is -0.480 e. The lowest BCUT2D eigenvalue weighted by molar-refractivity contribution is -0.139. The van der Waals surface area contributed by atoms with Crippen molar-refractivity contribution in [3.8, 4) is 11.5 Å². The molecule has 2 aromatic heterocycles. The van der Waals surface area contributed by atoms with Crippen LogP contribution in [0.25, 0.3) is 5.65 Å². The summed E-state index contributed by atoms with van der Waals surface area (Å²) in [5.41, 5.74) is 2.66. The Labute approximate surface area is 168 Å². The Kier molecular flexibility index (Phi) is 5.54. The second-order valence-corrected chi connectivity index (χ2v) is 6.73. The maximum Gasteiger partial charge on any atom is 0.321 e. The molecule has 2 N–H and O–H groups in total. The Morgan fingerprint density at radius 2 is 1.86 bits per heavy atom. The minimum absolute atomic E-state index is 0.346. The summed E-state index contributed by atoms with van der Waals surface area (Å²) in [7, 11) is 0. The zero-order valence-corrected chi connectivity index (χ0v) is 15.7. The predicted molar refractivity (Wildman–Crippen MR) is 110 cm³/mol. The first-order chi connectivity index (χ1) is 14.2. The van der Waals surface area contributed by atoms with E-state index in [1.54, 1.807) is 6.20 Å². The Balaban J connectivity index is 1.45. The molecule has 4 aromatic rings. The second-order valence-electron chi connectivity index (χ2n) is 6.73. The number of nitrogens with one attached hydrogen (secondary N) is 1. The third-order valence-electron chi connectivity index (χ3n) is 4.65. The molecule has 6 nitrogen and oxygen atoms in total. The van der Waals surface area contributed by atoms with E-state index in [2.05, 4.69) is 10.3 Å². The Morgan fingerprint density at radius 1 is 1.03 bits per heavy atom. The number of hydrogen-bond donors (Lipinski definition) is 2. The molecule has 2 aromatic carbocycles. The molecule has 29 heavy (non-hydrogen) atoms. The Morgan fingerprint density at radius 3 is 2.69 bits per heavy atom. The van der Waals surface area contributed by atoms with Crippen molar-refractivity contribution in [1.29, 1.82) is 0 Å². The quantitative estimate of drug-likeness (QED) is 0.479. The molecule has 6 heteroatoms. The summed E-state index contributed by atoms with van der Waals surface area (Å²) < 4.78 is 7.76. The molecule has 0 radical (unpaired) electrons. The number of hydrogen-bond acceptors (Lipinski definition) is 4. The minimum atomic E-state index is -0.894. The van der Waals surface area contributed by atoms with Gasteiger partial charge in [-0.1, -0.05) is 36.4 Å². The number of ether oxygens (including phenoxy) is 1. The molecule has 4 rings (SSSR count). The van der Waals surface area contributed by atoms with Crippen LogP contribution in [0.3, 0.4) is 0 Å². The second kappa shape index (κ2) is 8.58. The van der Waals surface area contributed by atoms with Crippen molar-refractivity contribution in [2.24, 2.45) is 0 Å². The Hall–Kier alpha value is -3.64. The first-order valence-corrected chi connectivity index (χ1v) is 9.37.